The molecule has 3 N–H and O–H groups in total. The summed E-state index contributed by atoms with van der Waals surface area (Å²) < 4.78 is 24.8. The SMILES string of the molecule is NC(=O)c1ccccc1NC(=O)c1ccc(Cl)c(N2C(=O)CCS2(=O)=O)c1. The normalized spacial score (nSPS) is 15.6. The highest BCUT2D eigenvalue weighted by Crippen LogP contribution is 2.33. The Labute approximate surface area is 160 Å². The lowest BCUT2D eigenvalue weighted by Crippen LogP contribution is -2.30. The zero-order valence-corrected chi connectivity index (χ0v) is 15.4. The van der Waals surface area contributed by atoms with Crippen molar-refractivity contribution in [3.63, 3.8) is 0 Å². The Morgan fingerprint density at radius 1 is 1.15 bits per heavy atom. The van der Waals surface area contributed by atoms with Crippen molar-refractivity contribution in [2.75, 3.05) is 15.4 Å². The fourth-order valence-electron chi connectivity index (χ4n) is 2.66. The summed E-state index contributed by atoms with van der Waals surface area (Å²) in [6, 6.07) is 10.1. The van der Waals surface area contributed by atoms with Crippen molar-refractivity contribution in [1.29, 1.82) is 0 Å². The van der Waals surface area contributed by atoms with Crippen LogP contribution < -0.4 is 15.4 Å². The van der Waals surface area contributed by atoms with Gasteiger partial charge in [0.25, 0.3) is 11.8 Å². The number of hydrogen-bond donors (Lipinski definition) is 2. The van der Waals surface area contributed by atoms with E-state index >= 15 is 0 Å². The van der Waals surface area contributed by atoms with Crippen molar-refractivity contribution in [2.45, 2.75) is 6.42 Å². The monoisotopic (exact) mass is 407 g/mol. The standard InChI is InChI=1S/C17H14ClN3O5S/c18-12-6-5-10(9-14(12)21-15(22)7-8-27(21,25)26)17(24)20-13-4-2-1-3-11(13)16(19)23/h1-6,9H,7-8H2,(H2,19,23)(H,20,24). The number of nitrogens with one attached hydrogen (secondary N) is 1. The summed E-state index contributed by atoms with van der Waals surface area (Å²) in [5.41, 5.74) is 5.58. The van der Waals surface area contributed by atoms with Crippen LogP contribution in [0.4, 0.5) is 11.4 Å². The van der Waals surface area contributed by atoms with Crippen LogP contribution in [0.1, 0.15) is 27.1 Å². The van der Waals surface area contributed by atoms with E-state index in [0.29, 0.717) is 4.31 Å². The summed E-state index contributed by atoms with van der Waals surface area (Å²) in [4.78, 5) is 36.0. The van der Waals surface area contributed by atoms with Gasteiger partial charge in [0.15, 0.2) is 0 Å². The smallest absolute Gasteiger partial charge is 0.255 e. The molecular formula is C17H14ClN3O5S. The second-order valence-electron chi connectivity index (χ2n) is 5.75. The number of amides is 3. The Morgan fingerprint density at radius 3 is 2.48 bits per heavy atom. The molecule has 1 aliphatic rings. The summed E-state index contributed by atoms with van der Waals surface area (Å²) >= 11 is 6.05. The molecule has 0 radical (unpaired) electrons. The molecule has 1 heterocycles. The molecule has 0 saturated carbocycles. The lowest BCUT2D eigenvalue weighted by atomic mass is 10.1. The zero-order chi connectivity index (χ0) is 19.8. The molecule has 0 atom stereocenters. The summed E-state index contributed by atoms with van der Waals surface area (Å²) in [6.45, 7) is 0. The third-order valence-corrected chi connectivity index (χ3v) is 5.94. The number of rotatable bonds is 4. The van der Waals surface area contributed by atoms with Gasteiger partial charge in [0, 0.05) is 12.0 Å². The number of carbonyl (C=O) groups is 3. The van der Waals surface area contributed by atoms with E-state index in [1.165, 1.54) is 30.3 Å². The van der Waals surface area contributed by atoms with Crippen molar-refractivity contribution in [2.24, 2.45) is 5.73 Å². The molecule has 3 amide bonds. The van der Waals surface area contributed by atoms with Crippen molar-refractivity contribution in [3.8, 4) is 0 Å². The molecule has 140 valence electrons. The second-order valence-corrected chi connectivity index (χ2v) is 8.10. The van der Waals surface area contributed by atoms with Gasteiger partial charge in [-0.3, -0.25) is 14.4 Å². The van der Waals surface area contributed by atoms with Crippen LogP contribution in [0.3, 0.4) is 0 Å². The number of benzene rings is 2. The lowest BCUT2D eigenvalue weighted by molar-refractivity contribution is -0.116. The molecule has 2 aromatic rings. The van der Waals surface area contributed by atoms with E-state index in [0.717, 1.165) is 0 Å². The third kappa shape index (κ3) is 3.64. The van der Waals surface area contributed by atoms with E-state index in [-0.39, 0.29) is 39.7 Å². The molecule has 1 aliphatic heterocycles. The number of carbonyl (C=O) groups excluding carboxylic acids is 3. The Bertz CT molecular complexity index is 1070. The largest absolute Gasteiger partial charge is 0.366 e. The molecule has 10 heteroatoms. The van der Waals surface area contributed by atoms with Crippen LogP contribution in [-0.2, 0) is 14.8 Å². The number of primary amides is 1. The Hall–Kier alpha value is -2.91. The van der Waals surface area contributed by atoms with Gasteiger partial charge in [-0.2, -0.15) is 0 Å². The molecule has 27 heavy (non-hydrogen) atoms. The van der Waals surface area contributed by atoms with Crippen molar-refractivity contribution in [3.05, 3.63) is 58.6 Å². The van der Waals surface area contributed by atoms with Crippen LogP contribution in [0, 0.1) is 0 Å². The van der Waals surface area contributed by atoms with Gasteiger partial charge in [0.05, 0.1) is 27.7 Å². The first-order chi connectivity index (χ1) is 12.7. The summed E-state index contributed by atoms with van der Waals surface area (Å²) in [5.74, 6) is -2.26. The Kier molecular flexibility index (Phi) is 4.90. The first-order valence-corrected chi connectivity index (χ1v) is 9.75. The first kappa shape index (κ1) is 18.9. The van der Waals surface area contributed by atoms with Crippen molar-refractivity contribution >= 4 is 50.7 Å². The van der Waals surface area contributed by atoms with Gasteiger partial charge in [0.1, 0.15) is 0 Å². The minimum absolute atomic E-state index is 0.0166. The second kappa shape index (κ2) is 7.01. The van der Waals surface area contributed by atoms with Gasteiger partial charge in [-0.15, -0.1) is 0 Å². The number of halogens is 1. The number of para-hydroxylation sites is 1. The maximum absolute atomic E-state index is 12.6. The Balaban J connectivity index is 1.96. The highest BCUT2D eigenvalue weighted by Gasteiger charge is 2.37. The lowest BCUT2D eigenvalue weighted by Gasteiger charge is -2.17. The highest BCUT2D eigenvalue weighted by molar-refractivity contribution is 7.94. The van der Waals surface area contributed by atoms with Crippen molar-refractivity contribution < 1.29 is 22.8 Å². The van der Waals surface area contributed by atoms with Gasteiger partial charge in [0.2, 0.25) is 15.9 Å². The molecule has 0 aliphatic carbocycles. The maximum Gasteiger partial charge on any atom is 0.255 e. The van der Waals surface area contributed by atoms with Crippen LogP contribution in [-0.4, -0.2) is 31.9 Å². The highest BCUT2D eigenvalue weighted by atomic mass is 35.5. The fourth-order valence-corrected chi connectivity index (χ4v) is 4.38. The molecule has 1 fully saturated rings. The predicted molar refractivity (Wildman–Crippen MR) is 100 cm³/mol. The van der Waals surface area contributed by atoms with E-state index < -0.39 is 27.7 Å². The summed E-state index contributed by atoms with van der Waals surface area (Å²) in [6.07, 6.45) is -0.152. The maximum atomic E-state index is 12.6. The van der Waals surface area contributed by atoms with Gasteiger partial charge >= 0.3 is 0 Å². The summed E-state index contributed by atoms with van der Waals surface area (Å²) in [5, 5.41) is 2.56. The number of nitrogens with zero attached hydrogens (tertiary/aromatic N) is 1. The third-order valence-electron chi connectivity index (χ3n) is 3.95. The molecule has 1 saturated heterocycles. The average Bonchev–Trinajstić information content (AvgIpc) is 2.88. The van der Waals surface area contributed by atoms with Crippen LogP contribution in [0.2, 0.25) is 5.02 Å². The molecule has 0 unspecified atom stereocenters. The number of nitrogens with two attached hydrogens (primary N) is 1. The average molecular weight is 408 g/mol. The molecule has 3 rings (SSSR count). The Morgan fingerprint density at radius 2 is 1.85 bits per heavy atom. The molecule has 8 nitrogen and oxygen atoms in total. The van der Waals surface area contributed by atoms with E-state index in [1.807, 2.05) is 0 Å². The predicted octanol–water partition coefficient (Wildman–Crippen LogP) is 1.76. The molecule has 0 bridgehead atoms. The minimum atomic E-state index is -3.82. The van der Waals surface area contributed by atoms with Gasteiger partial charge in [-0.05, 0) is 30.3 Å². The van der Waals surface area contributed by atoms with E-state index in [4.69, 9.17) is 17.3 Å². The van der Waals surface area contributed by atoms with Crippen LogP contribution in [0.25, 0.3) is 0 Å². The van der Waals surface area contributed by atoms with Crippen molar-refractivity contribution in [1.82, 2.24) is 0 Å². The van der Waals surface area contributed by atoms with Gasteiger partial charge in [-0.1, -0.05) is 23.7 Å². The van der Waals surface area contributed by atoms with Crippen LogP contribution in [0.15, 0.2) is 42.5 Å². The minimum Gasteiger partial charge on any atom is -0.366 e. The molecule has 0 aromatic heterocycles. The number of hydrogen-bond acceptors (Lipinski definition) is 5. The van der Waals surface area contributed by atoms with E-state index in [1.54, 1.807) is 12.1 Å². The van der Waals surface area contributed by atoms with E-state index in [9.17, 15) is 22.8 Å². The van der Waals surface area contributed by atoms with Crippen LogP contribution >= 0.6 is 11.6 Å². The van der Waals surface area contributed by atoms with Crippen LogP contribution in [0.5, 0.6) is 0 Å². The van der Waals surface area contributed by atoms with Gasteiger partial charge in [-0.25, -0.2) is 12.7 Å². The zero-order valence-electron chi connectivity index (χ0n) is 13.8. The molecule has 0 spiro atoms. The first-order valence-electron chi connectivity index (χ1n) is 7.76. The number of anilines is 2. The summed E-state index contributed by atoms with van der Waals surface area (Å²) in [7, 11) is -3.82. The van der Waals surface area contributed by atoms with Gasteiger partial charge < -0.3 is 11.1 Å². The molecular weight excluding hydrogens is 394 g/mol. The number of sulfonamides is 1. The van der Waals surface area contributed by atoms with E-state index in [2.05, 4.69) is 5.32 Å². The fraction of sp³-hybridized carbons (Fsp3) is 0.118. The quantitative estimate of drug-likeness (QED) is 0.798. The molecule has 2 aromatic carbocycles. The topological polar surface area (TPSA) is 127 Å².